The lowest BCUT2D eigenvalue weighted by Gasteiger charge is -2.16. The molecule has 20 heavy (non-hydrogen) atoms. The zero-order chi connectivity index (χ0) is 14.5. The molecule has 1 atom stereocenters. The lowest BCUT2D eigenvalue weighted by molar-refractivity contribution is 0.383. The van der Waals surface area contributed by atoms with E-state index in [2.05, 4.69) is 15.9 Å². The maximum Gasteiger partial charge on any atom is 0.168 e. The van der Waals surface area contributed by atoms with Gasteiger partial charge in [-0.1, -0.05) is 40.2 Å². The molecule has 2 rings (SSSR count). The van der Waals surface area contributed by atoms with Gasteiger partial charge in [-0.15, -0.1) is 0 Å². The Morgan fingerprint density at radius 2 is 1.80 bits per heavy atom. The fraction of sp³-hybridized carbons (Fsp3) is 0.250. The Balaban J connectivity index is 2.24. The van der Waals surface area contributed by atoms with Gasteiger partial charge in [0.1, 0.15) is 5.82 Å². The summed E-state index contributed by atoms with van der Waals surface area (Å²) in [5, 5.41) is 0.676. The quantitative estimate of drug-likeness (QED) is 0.717. The van der Waals surface area contributed by atoms with Gasteiger partial charge < -0.3 is 4.74 Å². The highest BCUT2D eigenvalue weighted by Gasteiger charge is 2.16. The van der Waals surface area contributed by atoms with E-state index in [-0.39, 0.29) is 23.3 Å². The van der Waals surface area contributed by atoms with Gasteiger partial charge in [-0.2, -0.15) is 0 Å². The molecule has 106 valence electrons. The Morgan fingerprint density at radius 1 is 1.10 bits per heavy atom. The number of ether oxygens (including phenoxy) is 1. The molecule has 0 amide bonds. The summed E-state index contributed by atoms with van der Waals surface area (Å²) in [6.45, 7) is 0. The van der Waals surface area contributed by atoms with Gasteiger partial charge in [-0.3, -0.25) is 0 Å². The van der Waals surface area contributed by atoms with Crippen LogP contribution in [0.5, 0.6) is 5.75 Å². The Kier molecular flexibility index (Phi) is 5.12. The van der Waals surface area contributed by atoms with Gasteiger partial charge in [0.15, 0.2) is 11.6 Å². The van der Waals surface area contributed by atoms with Crippen LogP contribution >= 0.6 is 15.9 Å². The number of rotatable bonds is 5. The molecule has 1 unspecified atom stereocenters. The topological polar surface area (TPSA) is 9.23 Å². The van der Waals surface area contributed by atoms with Crippen LogP contribution in [-0.4, -0.2) is 12.4 Å². The molecule has 0 aliphatic carbocycles. The highest BCUT2D eigenvalue weighted by Crippen LogP contribution is 2.27. The lowest BCUT2D eigenvalue weighted by Crippen LogP contribution is -2.06. The molecule has 1 nitrogen and oxygen atoms in total. The molecular weight excluding hydrogens is 326 g/mol. The third kappa shape index (κ3) is 3.37. The maximum atomic E-state index is 14.1. The molecule has 0 bridgehead atoms. The summed E-state index contributed by atoms with van der Waals surface area (Å²) in [5.74, 6) is -0.273. The van der Waals surface area contributed by atoms with Gasteiger partial charge in [0.05, 0.1) is 7.11 Å². The molecule has 0 aromatic heterocycles. The normalized spacial score (nSPS) is 12.2. The van der Waals surface area contributed by atoms with Crippen LogP contribution in [0.15, 0.2) is 42.5 Å². The van der Waals surface area contributed by atoms with Crippen molar-refractivity contribution in [2.45, 2.75) is 12.3 Å². The van der Waals surface area contributed by atoms with Gasteiger partial charge in [-0.25, -0.2) is 8.78 Å². The first-order chi connectivity index (χ1) is 9.65. The Hall–Kier alpha value is -1.42. The van der Waals surface area contributed by atoms with E-state index in [1.807, 2.05) is 0 Å². The van der Waals surface area contributed by atoms with Crippen LogP contribution in [0, 0.1) is 11.6 Å². The van der Waals surface area contributed by atoms with Crippen molar-refractivity contribution >= 4 is 15.9 Å². The summed E-state index contributed by atoms with van der Waals surface area (Å²) in [4.78, 5) is 0. The molecule has 4 heteroatoms. The summed E-state index contributed by atoms with van der Waals surface area (Å²) >= 11 is 3.44. The monoisotopic (exact) mass is 340 g/mol. The molecule has 2 aromatic rings. The molecule has 0 fully saturated rings. The van der Waals surface area contributed by atoms with Crippen LogP contribution in [0.25, 0.3) is 0 Å². The molecule has 2 aromatic carbocycles. The van der Waals surface area contributed by atoms with Crippen LogP contribution < -0.4 is 4.74 Å². The number of alkyl halides is 1. The second kappa shape index (κ2) is 6.84. The summed E-state index contributed by atoms with van der Waals surface area (Å²) in [6, 6.07) is 11.4. The minimum absolute atomic E-state index is 0.0807. The van der Waals surface area contributed by atoms with E-state index < -0.39 is 0 Å². The standard InChI is InChI=1S/C16H15BrF2O/c1-20-15-4-2-3-12(16(15)19)9-13(10-17)11-5-7-14(18)8-6-11/h2-8,13H,9-10H2,1H3. The van der Waals surface area contributed by atoms with Crippen molar-refractivity contribution in [3.8, 4) is 5.75 Å². The fourth-order valence-corrected chi connectivity index (χ4v) is 2.74. The Morgan fingerprint density at radius 3 is 2.40 bits per heavy atom. The second-order valence-corrected chi connectivity index (χ2v) is 5.19. The number of benzene rings is 2. The van der Waals surface area contributed by atoms with Crippen molar-refractivity contribution < 1.29 is 13.5 Å². The smallest absolute Gasteiger partial charge is 0.168 e. The predicted molar refractivity (Wildman–Crippen MR) is 79.6 cm³/mol. The average molecular weight is 341 g/mol. The van der Waals surface area contributed by atoms with E-state index in [1.54, 1.807) is 30.3 Å². The van der Waals surface area contributed by atoms with E-state index >= 15 is 0 Å². The minimum Gasteiger partial charge on any atom is -0.494 e. The van der Waals surface area contributed by atoms with Gasteiger partial charge in [0.25, 0.3) is 0 Å². The molecular formula is C16H15BrF2O. The number of hydrogen-bond acceptors (Lipinski definition) is 1. The number of methoxy groups -OCH3 is 1. The fourth-order valence-electron chi connectivity index (χ4n) is 2.13. The summed E-state index contributed by atoms with van der Waals surface area (Å²) in [5.41, 5.74) is 1.57. The van der Waals surface area contributed by atoms with E-state index in [0.29, 0.717) is 17.3 Å². The van der Waals surface area contributed by atoms with Crippen molar-refractivity contribution in [1.82, 2.24) is 0 Å². The largest absolute Gasteiger partial charge is 0.494 e. The zero-order valence-electron chi connectivity index (χ0n) is 11.1. The van der Waals surface area contributed by atoms with Gasteiger partial charge in [0, 0.05) is 5.33 Å². The first kappa shape index (κ1) is 15.0. The maximum absolute atomic E-state index is 14.1. The second-order valence-electron chi connectivity index (χ2n) is 4.54. The molecule has 0 aliphatic rings. The van der Waals surface area contributed by atoms with Crippen LogP contribution in [-0.2, 0) is 6.42 Å². The highest BCUT2D eigenvalue weighted by atomic mass is 79.9. The summed E-state index contributed by atoms with van der Waals surface area (Å²) in [7, 11) is 1.45. The summed E-state index contributed by atoms with van der Waals surface area (Å²) in [6.07, 6.45) is 0.528. The van der Waals surface area contributed by atoms with Crippen molar-refractivity contribution in [3.63, 3.8) is 0 Å². The molecule has 0 radical (unpaired) electrons. The first-order valence-electron chi connectivity index (χ1n) is 6.28. The number of hydrogen-bond donors (Lipinski definition) is 0. The van der Waals surface area contributed by atoms with E-state index in [4.69, 9.17) is 4.74 Å². The Bertz CT molecular complexity index is 569. The third-order valence-corrected chi connectivity index (χ3v) is 4.04. The molecule has 0 N–H and O–H groups in total. The third-order valence-electron chi connectivity index (χ3n) is 3.26. The molecule has 0 aliphatic heterocycles. The van der Waals surface area contributed by atoms with Gasteiger partial charge >= 0.3 is 0 Å². The van der Waals surface area contributed by atoms with Crippen molar-refractivity contribution in [3.05, 3.63) is 65.2 Å². The SMILES string of the molecule is COc1cccc(CC(CBr)c2ccc(F)cc2)c1F. The molecule has 0 heterocycles. The molecule has 0 spiro atoms. The average Bonchev–Trinajstić information content (AvgIpc) is 2.47. The van der Waals surface area contributed by atoms with Gasteiger partial charge in [0.2, 0.25) is 0 Å². The predicted octanol–water partition coefficient (Wildman–Crippen LogP) is 4.69. The molecule has 0 saturated heterocycles. The highest BCUT2D eigenvalue weighted by molar-refractivity contribution is 9.09. The van der Waals surface area contributed by atoms with Crippen LogP contribution in [0.2, 0.25) is 0 Å². The summed E-state index contributed by atoms with van der Waals surface area (Å²) < 4.78 is 32.1. The van der Waals surface area contributed by atoms with Crippen LogP contribution in [0.3, 0.4) is 0 Å². The Labute approximate surface area is 125 Å². The minimum atomic E-state index is -0.330. The zero-order valence-corrected chi connectivity index (χ0v) is 12.7. The van der Waals surface area contributed by atoms with Crippen molar-refractivity contribution in [2.75, 3.05) is 12.4 Å². The first-order valence-corrected chi connectivity index (χ1v) is 7.40. The van der Waals surface area contributed by atoms with E-state index in [0.717, 1.165) is 5.56 Å². The van der Waals surface area contributed by atoms with Crippen LogP contribution in [0.1, 0.15) is 17.0 Å². The van der Waals surface area contributed by atoms with Crippen LogP contribution in [0.4, 0.5) is 8.78 Å². The van der Waals surface area contributed by atoms with Crippen molar-refractivity contribution in [2.24, 2.45) is 0 Å². The van der Waals surface area contributed by atoms with Crippen molar-refractivity contribution in [1.29, 1.82) is 0 Å². The van der Waals surface area contributed by atoms with E-state index in [9.17, 15) is 8.78 Å². The molecule has 0 saturated carbocycles. The van der Waals surface area contributed by atoms with Gasteiger partial charge in [-0.05, 0) is 41.7 Å². The van der Waals surface area contributed by atoms with E-state index in [1.165, 1.54) is 19.2 Å². The lowest BCUT2D eigenvalue weighted by atomic mass is 9.93. The number of halogens is 3.